The van der Waals surface area contributed by atoms with E-state index in [4.69, 9.17) is 0 Å². The van der Waals surface area contributed by atoms with Crippen molar-refractivity contribution in [2.75, 3.05) is 11.9 Å². The molecule has 0 aliphatic carbocycles. The first-order valence-electron chi connectivity index (χ1n) is 5.84. The maximum atomic E-state index is 4.32. The van der Waals surface area contributed by atoms with Crippen molar-refractivity contribution in [1.82, 2.24) is 9.97 Å². The molecule has 3 nitrogen and oxygen atoms in total. The van der Waals surface area contributed by atoms with E-state index in [1.54, 1.807) is 6.20 Å². The summed E-state index contributed by atoms with van der Waals surface area (Å²) in [5.74, 6) is 2.15. The number of rotatable bonds is 4. The summed E-state index contributed by atoms with van der Waals surface area (Å²) in [6, 6.07) is 12.4. The van der Waals surface area contributed by atoms with Crippen LogP contribution in [0.2, 0.25) is 0 Å². The summed E-state index contributed by atoms with van der Waals surface area (Å²) in [6.45, 7) is 4.97. The van der Waals surface area contributed by atoms with Crippen LogP contribution in [0.15, 0.2) is 42.6 Å². The van der Waals surface area contributed by atoms with Gasteiger partial charge in [0.25, 0.3) is 0 Å². The standard InChI is InChI=1S/C14H17N3/c1-11(13-6-4-3-5-7-13)10-16-14-8-9-15-12(2)17-14/h3-9,11H,10H2,1-2H3,(H,15,16,17)/t11-/m0/s1. The van der Waals surface area contributed by atoms with Gasteiger partial charge in [0.05, 0.1) is 0 Å². The molecular weight excluding hydrogens is 210 g/mol. The van der Waals surface area contributed by atoms with Crippen molar-refractivity contribution in [1.29, 1.82) is 0 Å². The summed E-state index contributed by atoms with van der Waals surface area (Å²) in [4.78, 5) is 8.39. The Kier molecular flexibility index (Phi) is 3.70. The van der Waals surface area contributed by atoms with Crippen molar-refractivity contribution in [2.45, 2.75) is 19.8 Å². The molecule has 0 saturated carbocycles. The smallest absolute Gasteiger partial charge is 0.129 e. The molecular formula is C14H17N3. The molecule has 0 fully saturated rings. The van der Waals surface area contributed by atoms with Crippen molar-refractivity contribution in [2.24, 2.45) is 0 Å². The Morgan fingerprint density at radius 3 is 2.65 bits per heavy atom. The first-order chi connectivity index (χ1) is 8.25. The number of nitrogens with one attached hydrogen (secondary N) is 1. The fourth-order valence-corrected chi connectivity index (χ4v) is 1.71. The zero-order valence-electron chi connectivity index (χ0n) is 10.2. The summed E-state index contributed by atoms with van der Waals surface area (Å²) in [6.07, 6.45) is 1.78. The van der Waals surface area contributed by atoms with Gasteiger partial charge in [0.2, 0.25) is 0 Å². The largest absolute Gasteiger partial charge is 0.369 e. The Balaban J connectivity index is 1.95. The molecule has 2 aromatic rings. The molecule has 1 N–H and O–H groups in total. The van der Waals surface area contributed by atoms with Gasteiger partial charge in [-0.3, -0.25) is 0 Å². The maximum absolute atomic E-state index is 4.32. The minimum absolute atomic E-state index is 0.464. The molecule has 3 heteroatoms. The van der Waals surface area contributed by atoms with Gasteiger partial charge in [-0.05, 0) is 24.5 Å². The number of hydrogen-bond donors (Lipinski definition) is 1. The van der Waals surface area contributed by atoms with Gasteiger partial charge in [-0.2, -0.15) is 0 Å². The van der Waals surface area contributed by atoms with Gasteiger partial charge in [-0.15, -0.1) is 0 Å². The van der Waals surface area contributed by atoms with Gasteiger partial charge in [-0.1, -0.05) is 37.3 Å². The highest BCUT2D eigenvalue weighted by Gasteiger charge is 2.04. The Labute approximate surface area is 102 Å². The molecule has 88 valence electrons. The number of hydrogen-bond acceptors (Lipinski definition) is 3. The molecule has 0 bridgehead atoms. The van der Waals surface area contributed by atoms with Crippen LogP contribution in [-0.2, 0) is 0 Å². The second kappa shape index (κ2) is 5.43. The van der Waals surface area contributed by atoms with Crippen LogP contribution in [0.1, 0.15) is 24.2 Å². The SMILES string of the molecule is Cc1nccc(NC[C@H](C)c2ccccc2)n1. The van der Waals surface area contributed by atoms with Crippen LogP contribution >= 0.6 is 0 Å². The molecule has 0 aliphatic rings. The maximum Gasteiger partial charge on any atom is 0.129 e. The highest BCUT2D eigenvalue weighted by molar-refractivity contribution is 5.34. The highest BCUT2D eigenvalue weighted by atomic mass is 15.0. The Bertz CT molecular complexity index is 468. The van der Waals surface area contributed by atoms with Gasteiger partial charge in [0.15, 0.2) is 0 Å². The van der Waals surface area contributed by atoms with Crippen LogP contribution in [0.25, 0.3) is 0 Å². The summed E-state index contributed by atoms with van der Waals surface area (Å²) in [5, 5.41) is 3.33. The summed E-state index contributed by atoms with van der Waals surface area (Å²) >= 11 is 0. The fraction of sp³-hybridized carbons (Fsp3) is 0.286. The topological polar surface area (TPSA) is 37.8 Å². The predicted molar refractivity (Wildman–Crippen MR) is 70.1 cm³/mol. The molecule has 2 rings (SSSR count). The van der Waals surface area contributed by atoms with Gasteiger partial charge < -0.3 is 5.32 Å². The molecule has 0 spiro atoms. The number of nitrogens with zero attached hydrogens (tertiary/aromatic N) is 2. The zero-order chi connectivity index (χ0) is 12.1. The van der Waals surface area contributed by atoms with Crippen LogP contribution in [0.4, 0.5) is 5.82 Å². The van der Waals surface area contributed by atoms with Gasteiger partial charge in [-0.25, -0.2) is 9.97 Å². The molecule has 0 radical (unpaired) electrons. The van der Waals surface area contributed by atoms with Crippen LogP contribution in [0.3, 0.4) is 0 Å². The van der Waals surface area contributed by atoms with Crippen LogP contribution in [0.5, 0.6) is 0 Å². The second-order valence-electron chi connectivity index (χ2n) is 4.18. The zero-order valence-corrected chi connectivity index (χ0v) is 10.2. The van der Waals surface area contributed by atoms with E-state index >= 15 is 0 Å². The van der Waals surface area contributed by atoms with Gasteiger partial charge in [0, 0.05) is 12.7 Å². The lowest BCUT2D eigenvalue weighted by molar-refractivity contribution is 0.799. The lowest BCUT2D eigenvalue weighted by atomic mass is 10.0. The van der Waals surface area contributed by atoms with Crippen molar-refractivity contribution in [3.05, 3.63) is 54.0 Å². The van der Waals surface area contributed by atoms with Crippen molar-refractivity contribution < 1.29 is 0 Å². The third-order valence-corrected chi connectivity index (χ3v) is 2.73. The van der Waals surface area contributed by atoms with Crippen LogP contribution < -0.4 is 5.32 Å². The highest BCUT2D eigenvalue weighted by Crippen LogP contribution is 2.15. The number of benzene rings is 1. The minimum Gasteiger partial charge on any atom is -0.369 e. The Morgan fingerprint density at radius 2 is 1.94 bits per heavy atom. The lowest BCUT2D eigenvalue weighted by Crippen LogP contribution is -2.11. The lowest BCUT2D eigenvalue weighted by Gasteiger charge is -2.13. The fourth-order valence-electron chi connectivity index (χ4n) is 1.71. The molecule has 1 aromatic carbocycles. The van der Waals surface area contributed by atoms with Gasteiger partial charge in [0.1, 0.15) is 11.6 Å². The quantitative estimate of drug-likeness (QED) is 0.872. The molecule has 17 heavy (non-hydrogen) atoms. The molecule has 0 saturated heterocycles. The van der Waals surface area contributed by atoms with E-state index in [9.17, 15) is 0 Å². The van der Waals surface area contributed by atoms with E-state index in [-0.39, 0.29) is 0 Å². The van der Waals surface area contributed by atoms with Gasteiger partial charge >= 0.3 is 0 Å². The molecule has 0 aliphatic heterocycles. The Hall–Kier alpha value is -1.90. The van der Waals surface area contributed by atoms with E-state index in [1.165, 1.54) is 5.56 Å². The van der Waals surface area contributed by atoms with Crippen molar-refractivity contribution in [3.8, 4) is 0 Å². The van der Waals surface area contributed by atoms with E-state index < -0.39 is 0 Å². The van der Waals surface area contributed by atoms with Crippen LogP contribution in [-0.4, -0.2) is 16.5 Å². The first-order valence-corrected chi connectivity index (χ1v) is 5.84. The second-order valence-corrected chi connectivity index (χ2v) is 4.18. The summed E-state index contributed by atoms with van der Waals surface area (Å²) < 4.78 is 0. The van der Waals surface area contributed by atoms with E-state index in [0.29, 0.717) is 5.92 Å². The van der Waals surface area contributed by atoms with Crippen molar-refractivity contribution in [3.63, 3.8) is 0 Å². The molecule has 1 atom stereocenters. The van der Waals surface area contributed by atoms with E-state index in [0.717, 1.165) is 18.2 Å². The first kappa shape index (κ1) is 11.6. The monoisotopic (exact) mass is 227 g/mol. The molecule has 1 aromatic heterocycles. The molecule has 0 amide bonds. The van der Waals surface area contributed by atoms with Crippen LogP contribution in [0, 0.1) is 6.92 Å². The number of aryl methyl sites for hydroxylation is 1. The third-order valence-electron chi connectivity index (χ3n) is 2.73. The van der Waals surface area contributed by atoms with E-state index in [2.05, 4.69) is 46.5 Å². The average molecular weight is 227 g/mol. The molecule has 1 heterocycles. The predicted octanol–water partition coefficient (Wildman–Crippen LogP) is 3.00. The normalized spacial score (nSPS) is 12.1. The summed E-state index contributed by atoms with van der Waals surface area (Å²) in [7, 11) is 0. The average Bonchev–Trinajstić information content (AvgIpc) is 2.37. The summed E-state index contributed by atoms with van der Waals surface area (Å²) in [5.41, 5.74) is 1.34. The third kappa shape index (κ3) is 3.28. The number of anilines is 1. The minimum atomic E-state index is 0.464. The number of aromatic nitrogens is 2. The van der Waals surface area contributed by atoms with Crippen molar-refractivity contribution >= 4 is 5.82 Å². The molecule has 0 unspecified atom stereocenters. The Morgan fingerprint density at radius 1 is 1.18 bits per heavy atom. The van der Waals surface area contributed by atoms with E-state index in [1.807, 2.05) is 19.1 Å².